The van der Waals surface area contributed by atoms with Crippen LogP contribution in [-0.2, 0) is 0 Å². The van der Waals surface area contributed by atoms with Gasteiger partial charge in [0.15, 0.2) is 5.65 Å². The van der Waals surface area contributed by atoms with Crippen LogP contribution in [0.25, 0.3) is 16.9 Å². The lowest BCUT2D eigenvalue weighted by atomic mass is 10.1. The first-order valence-electron chi connectivity index (χ1n) is 11.4. The fourth-order valence-corrected chi connectivity index (χ4v) is 4.09. The molecule has 0 saturated carbocycles. The number of para-hydroxylation sites is 1. The minimum Gasteiger partial charge on any atom is -0.461 e. The molecule has 2 aromatic heterocycles. The van der Waals surface area contributed by atoms with E-state index in [-0.39, 0.29) is 5.91 Å². The molecular formula is C27H25BrClN5O2. The Morgan fingerprint density at radius 2 is 1.94 bits per heavy atom. The molecule has 0 spiro atoms. The first-order valence-corrected chi connectivity index (χ1v) is 12.5. The molecule has 4 aromatic rings. The normalized spacial score (nSPS) is 11.7. The van der Waals surface area contributed by atoms with Gasteiger partial charge in [0.1, 0.15) is 17.3 Å². The van der Waals surface area contributed by atoms with Crippen LogP contribution < -0.4 is 15.4 Å². The molecule has 7 nitrogen and oxygen atoms in total. The molecule has 1 amide bonds. The van der Waals surface area contributed by atoms with Crippen molar-refractivity contribution in [3.63, 3.8) is 0 Å². The number of anilines is 1. The Morgan fingerprint density at radius 1 is 1.17 bits per heavy atom. The van der Waals surface area contributed by atoms with Gasteiger partial charge in [-0.05, 0) is 54.1 Å². The second-order valence-electron chi connectivity index (χ2n) is 7.82. The molecule has 0 aliphatic heterocycles. The van der Waals surface area contributed by atoms with Gasteiger partial charge in [0, 0.05) is 29.7 Å². The first-order chi connectivity index (χ1) is 17.5. The summed E-state index contributed by atoms with van der Waals surface area (Å²) in [4.78, 5) is 17.6. The number of fused-ring (bicyclic) bond motifs is 1. The summed E-state index contributed by atoms with van der Waals surface area (Å²) in [5.74, 6) is 1.70. The third kappa shape index (κ3) is 5.95. The monoisotopic (exact) mass is 565 g/mol. The smallest absolute Gasteiger partial charge is 0.255 e. The summed E-state index contributed by atoms with van der Waals surface area (Å²) in [5, 5.41) is 11.3. The zero-order chi connectivity index (χ0) is 25.5. The van der Waals surface area contributed by atoms with E-state index in [9.17, 15) is 4.79 Å². The Bertz CT molecular complexity index is 1450. The number of hydrogen-bond donors (Lipinski definition) is 2. The molecule has 2 N–H and O–H groups in total. The molecule has 0 aliphatic rings. The van der Waals surface area contributed by atoms with Crippen LogP contribution in [-0.4, -0.2) is 33.6 Å². The number of hydrogen-bond acceptors (Lipinski definition) is 5. The van der Waals surface area contributed by atoms with E-state index in [1.807, 2.05) is 74.5 Å². The van der Waals surface area contributed by atoms with E-state index in [0.29, 0.717) is 46.5 Å². The quantitative estimate of drug-likeness (QED) is 0.137. The van der Waals surface area contributed by atoms with Crippen molar-refractivity contribution in [2.75, 3.05) is 18.4 Å². The van der Waals surface area contributed by atoms with Crippen LogP contribution in [0.2, 0.25) is 5.02 Å². The van der Waals surface area contributed by atoms with Crippen molar-refractivity contribution >= 4 is 44.9 Å². The highest BCUT2D eigenvalue weighted by Crippen LogP contribution is 2.30. The number of rotatable bonds is 9. The summed E-state index contributed by atoms with van der Waals surface area (Å²) in [7, 11) is 0. The molecule has 0 aliphatic carbocycles. The second-order valence-corrected chi connectivity index (χ2v) is 9.08. The highest BCUT2D eigenvalue weighted by Gasteiger charge is 2.14. The van der Waals surface area contributed by atoms with E-state index in [2.05, 4.69) is 31.7 Å². The second kappa shape index (κ2) is 11.9. The van der Waals surface area contributed by atoms with E-state index in [4.69, 9.17) is 21.3 Å². The van der Waals surface area contributed by atoms with Crippen molar-refractivity contribution in [2.24, 2.45) is 0 Å². The minimum atomic E-state index is -0.218. The molecule has 0 saturated heterocycles. The van der Waals surface area contributed by atoms with Gasteiger partial charge in [0.05, 0.1) is 21.9 Å². The number of nitrogens with one attached hydrogen (secondary N) is 2. The van der Waals surface area contributed by atoms with Crippen LogP contribution in [0.5, 0.6) is 5.75 Å². The van der Waals surface area contributed by atoms with Crippen LogP contribution >= 0.6 is 27.5 Å². The molecule has 9 heteroatoms. The van der Waals surface area contributed by atoms with Gasteiger partial charge in [-0.1, -0.05) is 54.1 Å². The van der Waals surface area contributed by atoms with Gasteiger partial charge in [-0.3, -0.25) is 4.79 Å². The van der Waals surface area contributed by atoms with E-state index in [1.165, 1.54) is 0 Å². The summed E-state index contributed by atoms with van der Waals surface area (Å²) < 4.78 is 8.33. The number of halogens is 2. The molecule has 184 valence electrons. The molecule has 0 radical (unpaired) electrons. The maximum atomic E-state index is 12.9. The van der Waals surface area contributed by atoms with Gasteiger partial charge in [0.2, 0.25) is 0 Å². The predicted octanol–water partition coefficient (Wildman–Crippen LogP) is 6.51. The van der Waals surface area contributed by atoms with E-state index >= 15 is 0 Å². The SMILES string of the molecule is C/C=C\C=C(/C)Oc1ccccc1C(=O)NCCNc1cc(-c2ccccc2Cl)nc2c(Br)cnn12. The van der Waals surface area contributed by atoms with Crippen molar-refractivity contribution in [1.82, 2.24) is 19.9 Å². The largest absolute Gasteiger partial charge is 0.461 e. The van der Waals surface area contributed by atoms with Crippen LogP contribution in [0, 0.1) is 0 Å². The number of allylic oxidation sites excluding steroid dienone is 4. The standard InChI is InChI=1S/C27H25BrClN5O2/c1-3-4-9-18(2)36-24-13-8-6-11-20(24)27(35)31-15-14-30-25-16-23(19-10-5-7-12-22(19)29)33-26-21(28)17-32-34(25)26/h3-13,16-17,30H,14-15H2,1-2H3,(H,31,35)/b4-3-,18-9+. The number of amides is 1. The molecule has 0 fully saturated rings. The molecule has 4 rings (SSSR count). The van der Waals surface area contributed by atoms with Gasteiger partial charge < -0.3 is 15.4 Å². The van der Waals surface area contributed by atoms with Crippen LogP contribution in [0.15, 0.2) is 89.3 Å². The highest BCUT2D eigenvalue weighted by atomic mass is 79.9. The van der Waals surface area contributed by atoms with Crippen LogP contribution in [0.3, 0.4) is 0 Å². The highest BCUT2D eigenvalue weighted by molar-refractivity contribution is 9.10. The summed E-state index contributed by atoms with van der Waals surface area (Å²) in [6, 6.07) is 16.6. The van der Waals surface area contributed by atoms with E-state index in [0.717, 1.165) is 15.9 Å². The zero-order valence-electron chi connectivity index (χ0n) is 19.8. The number of ether oxygens (including phenoxy) is 1. The van der Waals surface area contributed by atoms with E-state index in [1.54, 1.807) is 22.8 Å². The van der Waals surface area contributed by atoms with Crippen molar-refractivity contribution < 1.29 is 9.53 Å². The Hall–Kier alpha value is -3.62. The Kier molecular flexibility index (Phi) is 8.40. The van der Waals surface area contributed by atoms with Crippen molar-refractivity contribution in [3.8, 4) is 17.0 Å². The zero-order valence-corrected chi connectivity index (χ0v) is 22.2. The maximum absolute atomic E-state index is 12.9. The van der Waals surface area contributed by atoms with Gasteiger partial charge in [-0.15, -0.1) is 0 Å². The molecule has 36 heavy (non-hydrogen) atoms. The lowest BCUT2D eigenvalue weighted by Crippen LogP contribution is -2.29. The molecule has 2 heterocycles. The Labute approximate surface area is 223 Å². The summed E-state index contributed by atoms with van der Waals surface area (Å²) >= 11 is 9.91. The fourth-order valence-electron chi connectivity index (χ4n) is 3.51. The Balaban J connectivity index is 1.46. The number of nitrogens with zero attached hydrogens (tertiary/aromatic N) is 3. The summed E-state index contributed by atoms with van der Waals surface area (Å²) in [6.45, 7) is 4.62. The van der Waals surface area contributed by atoms with Crippen molar-refractivity contribution in [1.29, 1.82) is 0 Å². The van der Waals surface area contributed by atoms with Gasteiger partial charge in [-0.25, -0.2) is 4.98 Å². The number of benzene rings is 2. The Morgan fingerprint density at radius 3 is 2.75 bits per heavy atom. The third-order valence-corrected chi connectivity index (χ3v) is 6.11. The topological polar surface area (TPSA) is 80.5 Å². The van der Waals surface area contributed by atoms with E-state index < -0.39 is 0 Å². The van der Waals surface area contributed by atoms with Gasteiger partial charge >= 0.3 is 0 Å². The first kappa shape index (κ1) is 25.5. The third-order valence-electron chi connectivity index (χ3n) is 5.22. The van der Waals surface area contributed by atoms with Gasteiger partial charge in [0.25, 0.3) is 5.91 Å². The van der Waals surface area contributed by atoms with Crippen molar-refractivity contribution in [2.45, 2.75) is 13.8 Å². The predicted molar refractivity (Wildman–Crippen MR) is 148 cm³/mol. The number of carbonyl (C=O) groups excluding carboxylic acids is 1. The minimum absolute atomic E-state index is 0.218. The molecule has 0 bridgehead atoms. The lowest BCUT2D eigenvalue weighted by Gasteiger charge is -2.13. The average molecular weight is 567 g/mol. The fraction of sp³-hybridized carbons (Fsp3) is 0.148. The molecule has 0 unspecified atom stereocenters. The molecule has 2 aromatic carbocycles. The van der Waals surface area contributed by atoms with Crippen molar-refractivity contribution in [3.05, 3.63) is 99.8 Å². The lowest BCUT2D eigenvalue weighted by molar-refractivity contribution is 0.0952. The summed E-state index contributed by atoms with van der Waals surface area (Å²) in [5.41, 5.74) is 2.66. The molecular weight excluding hydrogens is 542 g/mol. The van der Waals surface area contributed by atoms with Crippen LogP contribution in [0.1, 0.15) is 24.2 Å². The number of carbonyl (C=O) groups is 1. The molecule has 0 atom stereocenters. The van der Waals surface area contributed by atoms with Crippen LogP contribution in [0.4, 0.5) is 5.82 Å². The number of aromatic nitrogens is 3. The maximum Gasteiger partial charge on any atom is 0.255 e. The summed E-state index contributed by atoms with van der Waals surface area (Å²) in [6.07, 6.45) is 7.33. The average Bonchev–Trinajstić information content (AvgIpc) is 3.26. The van der Waals surface area contributed by atoms with Gasteiger partial charge in [-0.2, -0.15) is 9.61 Å².